The Morgan fingerprint density at radius 2 is 2.05 bits per heavy atom. The monoisotopic (exact) mass is 285 g/mol. The SMILES string of the molecule is Cc1cc(Cl)ccc1OCCNC(=O)OC(C)(C)C. The Labute approximate surface area is 119 Å². The van der Waals surface area contributed by atoms with Gasteiger partial charge in [-0.05, 0) is 51.5 Å². The van der Waals surface area contributed by atoms with Crippen LogP contribution in [0, 0.1) is 6.92 Å². The van der Waals surface area contributed by atoms with Crippen LogP contribution in [0.5, 0.6) is 5.75 Å². The topological polar surface area (TPSA) is 47.6 Å². The van der Waals surface area contributed by atoms with Gasteiger partial charge in [-0.25, -0.2) is 4.79 Å². The molecule has 0 radical (unpaired) electrons. The molecule has 1 aromatic rings. The Kier molecular flexibility index (Phi) is 5.48. The van der Waals surface area contributed by atoms with Crippen molar-refractivity contribution in [1.82, 2.24) is 5.32 Å². The second-order valence-corrected chi connectivity index (χ2v) is 5.62. The van der Waals surface area contributed by atoms with Crippen molar-refractivity contribution in [2.75, 3.05) is 13.2 Å². The predicted molar refractivity (Wildman–Crippen MR) is 75.9 cm³/mol. The third-order valence-electron chi connectivity index (χ3n) is 2.16. The Bertz CT molecular complexity index is 441. The lowest BCUT2D eigenvalue weighted by atomic mass is 10.2. The molecule has 5 heteroatoms. The quantitative estimate of drug-likeness (QED) is 0.861. The smallest absolute Gasteiger partial charge is 0.407 e. The largest absolute Gasteiger partial charge is 0.491 e. The van der Waals surface area contributed by atoms with Crippen molar-refractivity contribution in [3.63, 3.8) is 0 Å². The molecule has 106 valence electrons. The van der Waals surface area contributed by atoms with Gasteiger partial charge >= 0.3 is 6.09 Å². The summed E-state index contributed by atoms with van der Waals surface area (Å²) in [4.78, 5) is 11.4. The van der Waals surface area contributed by atoms with Gasteiger partial charge in [0.2, 0.25) is 0 Å². The number of alkyl carbamates (subject to hydrolysis) is 1. The van der Waals surface area contributed by atoms with Gasteiger partial charge in [0.25, 0.3) is 0 Å². The first-order valence-electron chi connectivity index (χ1n) is 6.14. The standard InChI is InChI=1S/C14H20ClNO3/c1-10-9-11(15)5-6-12(10)18-8-7-16-13(17)19-14(2,3)4/h5-6,9H,7-8H2,1-4H3,(H,16,17). The second-order valence-electron chi connectivity index (χ2n) is 5.19. The number of carbonyl (C=O) groups excluding carboxylic acids is 1. The van der Waals surface area contributed by atoms with E-state index in [2.05, 4.69) is 5.32 Å². The number of hydrogen-bond donors (Lipinski definition) is 1. The van der Waals surface area contributed by atoms with Crippen LogP contribution in [0.2, 0.25) is 5.02 Å². The first-order valence-corrected chi connectivity index (χ1v) is 6.51. The lowest BCUT2D eigenvalue weighted by Crippen LogP contribution is -2.34. The maximum atomic E-state index is 11.4. The molecule has 0 saturated heterocycles. The van der Waals surface area contributed by atoms with Crippen molar-refractivity contribution < 1.29 is 14.3 Å². The average Bonchev–Trinajstić information content (AvgIpc) is 2.24. The number of aryl methyl sites for hydroxylation is 1. The highest BCUT2D eigenvalue weighted by Crippen LogP contribution is 2.21. The van der Waals surface area contributed by atoms with E-state index in [1.165, 1.54) is 0 Å². The molecule has 0 spiro atoms. The summed E-state index contributed by atoms with van der Waals surface area (Å²) in [6.45, 7) is 8.14. The van der Waals surface area contributed by atoms with E-state index in [0.29, 0.717) is 18.2 Å². The number of nitrogens with one attached hydrogen (secondary N) is 1. The Hall–Kier alpha value is -1.42. The van der Waals surface area contributed by atoms with Crippen LogP contribution < -0.4 is 10.1 Å². The Balaban J connectivity index is 2.29. The first kappa shape index (κ1) is 15.6. The van der Waals surface area contributed by atoms with Crippen LogP contribution in [-0.2, 0) is 4.74 Å². The maximum absolute atomic E-state index is 11.4. The van der Waals surface area contributed by atoms with Crippen molar-refractivity contribution in [3.8, 4) is 5.75 Å². The van der Waals surface area contributed by atoms with Crippen LogP contribution in [0.25, 0.3) is 0 Å². The van der Waals surface area contributed by atoms with E-state index in [-0.39, 0.29) is 0 Å². The predicted octanol–water partition coefficient (Wildman–Crippen LogP) is 3.55. The van der Waals surface area contributed by atoms with Gasteiger partial charge in [-0.2, -0.15) is 0 Å². The maximum Gasteiger partial charge on any atom is 0.407 e. The summed E-state index contributed by atoms with van der Waals surface area (Å²) < 4.78 is 10.6. The molecule has 0 aliphatic carbocycles. The van der Waals surface area contributed by atoms with Crippen LogP contribution >= 0.6 is 11.6 Å². The third kappa shape index (κ3) is 6.34. The van der Waals surface area contributed by atoms with E-state index in [9.17, 15) is 4.79 Å². The lowest BCUT2D eigenvalue weighted by Gasteiger charge is -2.19. The molecule has 4 nitrogen and oxygen atoms in total. The highest BCUT2D eigenvalue weighted by molar-refractivity contribution is 6.30. The molecule has 0 fully saturated rings. The highest BCUT2D eigenvalue weighted by Gasteiger charge is 2.15. The van der Waals surface area contributed by atoms with E-state index in [4.69, 9.17) is 21.1 Å². The molecule has 0 bridgehead atoms. The van der Waals surface area contributed by atoms with Crippen LogP contribution in [0.15, 0.2) is 18.2 Å². The minimum atomic E-state index is -0.488. The summed E-state index contributed by atoms with van der Waals surface area (Å²) in [6, 6.07) is 5.41. The Morgan fingerprint density at radius 1 is 1.37 bits per heavy atom. The summed E-state index contributed by atoms with van der Waals surface area (Å²) in [6.07, 6.45) is -0.441. The van der Waals surface area contributed by atoms with Gasteiger partial charge in [0.05, 0.1) is 6.54 Å². The van der Waals surface area contributed by atoms with Gasteiger partial charge in [-0.15, -0.1) is 0 Å². The van der Waals surface area contributed by atoms with Gasteiger partial charge in [-0.1, -0.05) is 11.6 Å². The highest BCUT2D eigenvalue weighted by atomic mass is 35.5. The van der Waals surface area contributed by atoms with Crippen LogP contribution in [0.3, 0.4) is 0 Å². The molecular formula is C14H20ClNO3. The minimum absolute atomic E-state index is 0.377. The summed E-state index contributed by atoms with van der Waals surface area (Å²) in [7, 11) is 0. The number of ether oxygens (including phenoxy) is 2. The molecule has 0 aromatic heterocycles. The van der Waals surface area contributed by atoms with Gasteiger partial charge in [-0.3, -0.25) is 0 Å². The molecule has 0 unspecified atom stereocenters. The number of amides is 1. The fourth-order valence-corrected chi connectivity index (χ4v) is 1.63. The fraction of sp³-hybridized carbons (Fsp3) is 0.500. The van der Waals surface area contributed by atoms with E-state index in [0.717, 1.165) is 11.3 Å². The normalized spacial score (nSPS) is 11.0. The van der Waals surface area contributed by atoms with Crippen molar-refractivity contribution >= 4 is 17.7 Å². The average molecular weight is 286 g/mol. The summed E-state index contributed by atoms with van der Waals surface area (Å²) >= 11 is 5.85. The van der Waals surface area contributed by atoms with Crippen LogP contribution in [0.1, 0.15) is 26.3 Å². The molecule has 1 N–H and O–H groups in total. The summed E-state index contributed by atoms with van der Waals surface area (Å²) in [5, 5.41) is 3.31. The molecule has 0 aliphatic heterocycles. The summed E-state index contributed by atoms with van der Waals surface area (Å²) in [5.41, 5.74) is 0.474. The van der Waals surface area contributed by atoms with Crippen molar-refractivity contribution in [1.29, 1.82) is 0 Å². The Morgan fingerprint density at radius 3 is 2.63 bits per heavy atom. The van der Waals surface area contributed by atoms with E-state index in [1.807, 2.05) is 39.8 Å². The van der Waals surface area contributed by atoms with Gasteiger partial charge < -0.3 is 14.8 Å². The van der Waals surface area contributed by atoms with Gasteiger partial charge in [0, 0.05) is 5.02 Å². The number of halogens is 1. The van der Waals surface area contributed by atoms with Crippen molar-refractivity contribution in [2.24, 2.45) is 0 Å². The second kappa shape index (κ2) is 6.66. The lowest BCUT2D eigenvalue weighted by molar-refractivity contribution is 0.0520. The number of carbonyl (C=O) groups is 1. The molecular weight excluding hydrogens is 266 g/mol. The third-order valence-corrected chi connectivity index (χ3v) is 2.40. The zero-order chi connectivity index (χ0) is 14.5. The fourth-order valence-electron chi connectivity index (χ4n) is 1.40. The molecule has 1 amide bonds. The molecule has 19 heavy (non-hydrogen) atoms. The summed E-state index contributed by atoms with van der Waals surface area (Å²) in [5.74, 6) is 0.760. The van der Waals surface area contributed by atoms with E-state index < -0.39 is 11.7 Å². The number of hydrogen-bond acceptors (Lipinski definition) is 3. The van der Waals surface area contributed by atoms with Crippen LogP contribution in [0.4, 0.5) is 4.79 Å². The minimum Gasteiger partial charge on any atom is -0.491 e. The molecule has 0 atom stereocenters. The number of benzene rings is 1. The molecule has 0 heterocycles. The number of rotatable bonds is 4. The zero-order valence-electron chi connectivity index (χ0n) is 11.7. The molecule has 1 aromatic carbocycles. The zero-order valence-corrected chi connectivity index (χ0v) is 12.5. The molecule has 0 saturated carbocycles. The van der Waals surface area contributed by atoms with Crippen molar-refractivity contribution in [3.05, 3.63) is 28.8 Å². The molecule has 1 rings (SSSR count). The van der Waals surface area contributed by atoms with Crippen LogP contribution in [-0.4, -0.2) is 24.8 Å². The van der Waals surface area contributed by atoms with Gasteiger partial charge in [0.15, 0.2) is 0 Å². The van der Waals surface area contributed by atoms with E-state index in [1.54, 1.807) is 6.07 Å². The first-order chi connectivity index (χ1) is 8.78. The van der Waals surface area contributed by atoms with Crippen molar-refractivity contribution in [2.45, 2.75) is 33.3 Å². The molecule has 0 aliphatic rings. The van der Waals surface area contributed by atoms with E-state index >= 15 is 0 Å². The van der Waals surface area contributed by atoms with Gasteiger partial charge in [0.1, 0.15) is 18.0 Å².